The Morgan fingerprint density at radius 2 is 2.26 bits per heavy atom. The van der Waals surface area contributed by atoms with Gasteiger partial charge in [0.15, 0.2) is 0 Å². The molecule has 1 heterocycles. The summed E-state index contributed by atoms with van der Waals surface area (Å²) in [5, 5.41) is 3.25. The van der Waals surface area contributed by atoms with Crippen molar-refractivity contribution in [3.8, 4) is 0 Å². The third kappa shape index (κ3) is 3.57. The maximum Gasteiger partial charge on any atom is 0.0896 e. The van der Waals surface area contributed by atoms with Crippen LogP contribution in [0.5, 0.6) is 0 Å². The zero-order chi connectivity index (χ0) is 13.8. The van der Waals surface area contributed by atoms with Crippen LogP contribution in [0.15, 0.2) is 28.7 Å². The molecular weight excluding hydrogens is 304 g/mol. The highest BCUT2D eigenvalue weighted by atomic mass is 79.9. The van der Waals surface area contributed by atoms with Crippen LogP contribution in [0.25, 0.3) is 0 Å². The van der Waals surface area contributed by atoms with Crippen molar-refractivity contribution in [3.63, 3.8) is 0 Å². The number of likely N-dealkylation sites (N-methyl/N-ethyl adjacent to an activating group) is 1. The Kier molecular flexibility index (Phi) is 5.39. The molecule has 0 saturated carbocycles. The molecule has 1 saturated heterocycles. The maximum atomic E-state index is 5.99. The number of hydrogen-bond acceptors (Lipinski definition) is 3. The van der Waals surface area contributed by atoms with E-state index >= 15 is 0 Å². The van der Waals surface area contributed by atoms with Crippen molar-refractivity contribution in [2.45, 2.75) is 32.0 Å². The molecular formula is C15H23BrN2O. The van der Waals surface area contributed by atoms with Gasteiger partial charge < -0.3 is 10.1 Å². The van der Waals surface area contributed by atoms with Crippen LogP contribution in [0.4, 0.5) is 0 Å². The van der Waals surface area contributed by atoms with Gasteiger partial charge in [-0.05, 0) is 38.6 Å². The van der Waals surface area contributed by atoms with E-state index in [0.717, 1.165) is 24.2 Å². The highest BCUT2D eigenvalue weighted by Gasteiger charge is 2.34. The second-order valence-electron chi connectivity index (χ2n) is 5.30. The van der Waals surface area contributed by atoms with E-state index in [1.165, 1.54) is 5.56 Å². The SMILES string of the molecule is CNCC1OCCN(C(C)C)C1c1cccc(Br)c1. The van der Waals surface area contributed by atoms with E-state index in [9.17, 15) is 0 Å². The van der Waals surface area contributed by atoms with Crippen molar-refractivity contribution in [1.29, 1.82) is 0 Å². The minimum Gasteiger partial charge on any atom is -0.374 e. The maximum absolute atomic E-state index is 5.99. The van der Waals surface area contributed by atoms with E-state index in [-0.39, 0.29) is 6.10 Å². The van der Waals surface area contributed by atoms with Crippen LogP contribution >= 0.6 is 15.9 Å². The molecule has 1 aromatic carbocycles. The van der Waals surface area contributed by atoms with Crippen molar-refractivity contribution in [2.24, 2.45) is 0 Å². The average Bonchev–Trinajstić information content (AvgIpc) is 2.38. The third-order valence-electron chi connectivity index (χ3n) is 3.65. The van der Waals surface area contributed by atoms with Gasteiger partial charge in [0.1, 0.15) is 0 Å². The normalized spacial score (nSPS) is 24.9. The topological polar surface area (TPSA) is 24.5 Å². The Hall–Kier alpha value is -0.420. The predicted molar refractivity (Wildman–Crippen MR) is 82.4 cm³/mol. The summed E-state index contributed by atoms with van der Waals surface area (Å²) in [7, 11) is 1.98. The summed E-state index contributed by atoms with van der Waals surface area (Å²) in [6.45, 7) is 7.20. The summed E-state index contributed by atoms with van der Waals surface area (Å²) >= 11 is 3.57. The molecule has 1 aliphatic rings. The second kappa shape index (κ2) is 6.84. The van der Waals surface area contributed by atoms with E-state index in [2.05, 4.69) is 64.3 Å². The lowest BCUT2D eigenvalue weighted by Crippen LogP contribution is -2.51. The monoisotopic (exact) mass is 326 g/mol. The van der Waals surface area contributed by atoms with Gasteiger partial charge in [0.25, 0.3) is 0 Å². The Morgan fingerprint density at radius 3 is 2.89 bits per heavy atom. The van der Waals surface area contributed by atoms with Gasteiger partial charge in [-0.3, -0.25) is 4.90 Å². The van der Waals surface area contributed by atoms with Crippen LogP contribution in [0.3, 0.4) is 0 Å². The van der Waals surface area contributed by atoms with Crippen molar-refractivity contribution < 1.29 is 4.74 Å². The molecule has 2 rings (SSSR count). The highest BCUT2D eigenvalue weighted by molar-refractivity contribution is 9.10. The number of morpholine rings is 1. The molecule has 1 aromatic rings. The number of benzene rings is 1. The van der Waals surface area contributed by atoms with E-state index in [0.29, 0.717) is 12.1 Å². The van der Waals surface area contributed by atoms with Gasteiger partial charge >= 0.3 is 0 Å². The van der Waals surface area contributed by atoms with Crippen LogP contribution in [-0.4, -0.2) is 43.8 Å². The Morgan fingerprint density at radius 1 is 1.47 bits per heavy atom. The first-order chi connectivity index (χ1) is 9.13. The molecule has 0 aromatic heterocycles. The smallest absolute Gasteiger partial charge is 0.0896 e. The Bertz CT molecular complexity index is 409. The van der Waals surface area contributed by atoms with Gasteiger partial charge in [0, 0.05) is 23.6 Å². The van der Waals surface area contributed by atoms with Crippen LogP contribution in [0, 0.1) is 0 Å². The standard InChI is InChI=1S/C15H23BrN2O/c1-11(2)18-7-8-19-14(10-17-3)15(18)12-5-4-6-13(16)9-12/h4-6,9,11,14-15,17H,7-8,10H2,1-3H3. The number of rotatable bonds is 4. The first-order valence-corrected chi connectivity index (χ1v) is 7.70. The molecule has 0 amide bonds. The number of nitrogens with zero attached hydrogens (tertiary/aromatic N) is 1. The molecule has 0 bridgehead atoms. The summed E-state index contributed by atoms with van der Waals surface area (Å²) in [6, 6.07) is 9.41. The summed E-state index contributed by atoms with van der Waals surface area (Å²) in [6.07, 6.45) is 0.204. The van der Waals surface area contributed by atoms with Crippen LogP contribution in [0.1, 0.15) is 25.5 Å². The molecule has 4 heteroatoms. The summed E-state index contributed by atoms with van der Waals surface area (Å²) < 4.78 is 7.11. The van der Waals surface area contributed by atoms with Crippen LogP contribution in [0.2, 0.25) is 0 Å². The third-order valence-corrected chi connectivity index (χ3v) is 4.14. The lowest BCUT2D eigenvalue weighted by Gasteiger charge is -2.43. The Balaban J connectivity index is 2.31. The van der Waals surface area contributed by atoms with E-state index < -0.39 is 0 Å². The molecule has 0 radical (unpaired) electrons. The van der Waals surface area contributed by atoms with E-state index in [1.54, 1.807) is 0 Å². The van der Waals surface area contributed by atoms with Crippen LogP contribution in [-0.2, 0) is 4.74 Å². The summed E-state index contributed by atoms with van der Waals surface area (Å²) in [5.74, 6) is 0. The number of nitrogens with one attached hydrogen (secondary N) is 1. The van der Waals surface area contributed by atoms with Gasteiger partial charge in [-0.15, -0.1) is 0 Å². The minimum absolute atomic E-state index is 0.204. The van der Waals surface area contributed by atoms with Gasteiger partial charge in [-0.25, -0.2) is 0 Å². The van der Waals surface area contributed by atoms with E-state index in [4.69, 9.17) is 4.74 Å². The van der Waals surface area contributed by atoms with Gasteiger partial charge in [-0.1, -0.05) is 28.1 Å². The molecule has 0 aliphatic carbocycles. The molecule has 106 valence electrons. The minimum atomic E-state index is 0.204. The lowest BCUT2D eigenvalue weighted by molar-refractivity contribution is -0.0815. The molecule has 1 N–H and O–H groups in total. The molecule has 3 nitrogen and oxygen atoms in total. The molecule has 1 aliphatic heterocycles. The van der Waals surface area contributed by atoms with Crippen molar-refractivity contribution >= 4 is 15.9 Å². The molecule has 2 unspecified atom stereocenters. The highest BCUT2D eigenvalue weighted by Crippen LogP contribution is 2.32. The summed E-state index contributed by atoms with van der Waals surface area (Å²) in [4.78, 5) is 2.54. The van der Waals surface area contributed by atoms with Gasteiger partial charge in [0.2, 0.25) is 0 Å². The Labute approximate surface area is 124 Å². The first-order valence-electron chi connectivity index (χ1n) is 6.91. The first kappa shape index (κ1) is 15.0. The molecule has 0 spiro atoms. The second-order valence-corrected chi connectivity index (χ2v) is 6.21. The predicted octanol–water partition coefficient (Wildman–Crippen LogP) is 2.82. The van der Waals surface area contributed by atoms with Gasteiger partial charge in [0.05, 0.1) is 18.8 Å². The molecule has 19 heavy (non-hydrogen) atoms. The number of hydrogen-bond donors (Lipinski definition) is 1. The van der Waals surface area contributed by atoms with Crippen molar-refractivity contribution in [1.82, 2.24) is 10.2 Å². The quantitative estimate of drug-likeness (QED) is 0.920. The number of halogens is 1. The van der Waals surface area contributed by atoms with Crippen molar-refractivity contribution in [3.05, 3.63) is 34.3 Å². The summed E-state index contributed by atoms with van der Waals surface area (Å²) in [5.41, 5.74) is 1.32. The van der Waals surface area contributed by atoms with E-state index in [1.807, 2.05) is 7.05 Å². The lowest BCUT2D eigenvalue weighted by atomic mass is 9.96. The number of ether oxygens (including phenoxy) is 1. The van der Waals surface area contributed by atoms with Crippen LogP contribution < -0.4 is 5.32 Å². The van der Waals surface area contributed by atoms with Crippen molar-refractivity contribution in [2.75, 3.05) is 26.7 Å². The fraction of sp³-hybridized carbons (Fsp3) is 0.600. The average molecular weight is 327 g/mol. The zero-order valence-electron chi connectivity index (χ0n) is 11.9. The fourth-order valence-corrected chi connectivity index (χ4v) is 3.22. The zero-order valence-corrected chi connectivity index (χ0v) is 13.5. The molecule has 2 atom stereocenters. The fourth-order valence-electron chi connectivity index (χ4n) is 2.80. The molecule has 1 fully saturated rings. The largest absolute Gasteiger partial charge is 0.374 e. The van der Waals surface area contributed by atoms with Gasteiger partial charge in [-0.2, -0.15) is 0 Å².